The normalized spacial score (nSPS) is 20.8. The highest BCUT2D eigenvalue weighted by Crippen LogP contribution is 2.26. The maximum Gasteiger partial charge on any atom is 0.252 e. The fourth-order valence-electron chi connectivity index (χ4n) is 2.94. The average Bonchev–Trinajstić information content (AvgIpc) is 2.62. The molecule has 0 spiro atoms. The topological polar surface area (TPSA) is 116 Å². The number of nitrogens with zero attached hydrogens (tertiary/aromatic N) is 1. The van der Waals surface area contributed by atoms with E-state index in [1.54, 1.807) is 0 Å². The summed E-state index contributed by atoms with van der Waals surface area (Å²) < 4.78 is 14.4. The highest BCUT2D eigenvalue weighted by molar-refractivity contribution is 7.83. The SMILES string of the molecule is CN[C@H]1CCCC[C@H]1Nc1nc(N/C(C=N)=C/S)c(C(N)=O)cc1F. The van der Waals surface area contributed by atoms with Gasteiger partial charge in [-0.05, 0) is 31.4 Å². The quantitative estimate of drug-likeness (QED) is 0.327. The van der Waals surface area contributed by atoms with Gasteiger partial charge < -0.3 is 27.1 Å². The van der Waals surface area contributed by atoms with Gasteiger partial charge in [-0.2, -0.15) is 0 Å². The van der Waals surface area contributed by atoms with E-state index >= 15 is 0 Å². The minimum atomic E-state index is -0.810. The number of anilines is 2. The first-order chi connectivity index (χ1) is 12.0. The molecule has 1 amide bonds. The average molecular weight is 366 g/mol. The molecule has 2 atom stereocenters. The lowest BCUT2D eigenvalue weighted by molar-refractivity contribution is 0.100. The zero-order valence-electron chi connectivity index (χ0n) is 14.0. The van der Waals surface area contributed by atoms with E-state index in [0.717, 1.165) is 38.0 Å². The number of hydrogen-bond donors (Lipinski definition) is 6. The van der Waals surface area contributed by atoms with Crippen LogP contribution in [0.3, 0.4) is 0 Å². The van der Waals surface area contributed by atoms with E-state index in [1.807, 2.05) is 7.05 Å². The number of pyridine rings is 1. The molecular formula is C16H23FN6OS. The summed E-state index contributed by atoms with van der Waals surface area (Å²) in [4.78, 5) is 15.8. The molecule has 1 aliphatic carbocycles. The summed E-state index contributed by atoms with van der Waals surface area (Å²) in [6.07, 6.45) is 5.09. The number of primary amides is 1. The molecule has 1 saturated carbocycles. The number of allylic oxidation sites excluding steroid dienone is 1. The van der Waals surface area contributed by atoms with Crippen molar-refractivity contribution in [3.63, 3.8) is 0 Å². The number of halogens is 1. The smallest absolute Gasteiger partial charge is 0.252 e. The Hall–Kier alpha value is -2.13. The number of hydrogen-bond acceptors (Lipinski definition) is 7. The van der Waals surface area contributed by atoms with Crippen LogP contribution in [0.4, 0.5) is 16.0 Å². The first-order valence-corrected chi connectivity index (χ1v) is 8.57. The Morgan fingerprint density at radius 3 is 2.64 bits per heavy atom. The van der Waals surface area contributed by atoms with Gasteiger partial charge in [-0.15, -0.1) is 12.6 Å². The summed E-state index contributed by atoms with van der Waals surface area (Å²) in [5.74, 6) is -1.33. The van der Waals surface area contributed by atoms with Crippen LogP contribution >= 0.6 is 12.6 Å². The van der Waals surface area contributed by atoms with Gasteiger partial charge in [0.2, 0.25) is 0 Å². The van der Waals surface area contributed by atoms with Gasteiger partial charge in [0.1, 0.15) is 5.82 Å². The minimum Gasteiger partial charge on any atom is -0.365 e. The molecule has 1 aromatic rings. The van der Waals surface area contributed by atoms with Gasteiger partial charge in [-0.1, -0.05) is 12.8 Å². The molecule has 136 valence electrons. The Morgan fingerprint density at radius 1 is 1.40 bits per heavy atom. The third-order valence-corrected chi connectivity index (χ3v) is 4.54. The largest absolute Gasteiger partial charge is 0.365 e. The summed E-state index contributed by atoms with van der Waals surface area (Å²) in [6.45, 7) is 0. The van der Waals surface area contributed by atoms with Gasteiger partial charge in [0.05, 0.1) is 11.3 Å². The van der Waals surface area contributed by atoms with Crippen molar-refractivity contribution in [1.82, 2.24) is 10.3 Å². The molecule has 1 fully saturated rings. The van der Waals surface area contributed by atoms with Gasteiger partial charge in [-0.3, -0.25) is 4.79 Å². The number of aromatic nitrogens is 1. The van der Waals surface area contributed by atoms with E-state index in [1.165, 1.54) is 5.41 Å². The maximum atomic E-state index is 14.4. The lowest BCUT2D eigenvalue weighted by Gasteiger charge is -2.32. The van der Waals surface area contributed by atoms with Crippen molar-refractivity contribution >= 4 is 36.4 Å². The fraction of sp³-hybridized carbons (Fsp3) is 0.438. The Labute approximate surface area is 151 Å². The molecule has 9 heteroatoms. The van der Waals surface area contributed by atoms with Crippen molar-refractivity contribution in [3.8, 4) is 0 Å². The summed E-state index contributed by atoms with van der Waals surface area (Å²) in [7, 11) is 1.88. The number of nitrogens with one attached hydrogen (secondary N) is 4. The highest BCUT2D eigenvalue weighted by atomic mass is 32.1. The third-order valence-electron chi connectivity index (χ3n) is 4.26. The van der Waals surface area contributed by atoms with Crippen LogP contribution in [0.25, 0.3) is 0 Å². The molecule has 1 aromatic heterocycles. The van der Waals surface area contributed by atoms with E-state index in [2.05, 4.69) is 33.6 Å². The molecule has 6 N–H and O–H groups in total. The molecule has 7 nitrogen and oxygen atoms in total. The zero-order chi connectivity index (χ0) is 18.4. The van der Waals surface area contributed by atoms with Crippen molar-refractivity contribution in [3.05, 3.63) is 28.6 Å². The molecule has 2 rings (SSSR count). The first kappa shape index (κ1) is 19.2. The zero-order valence-corrected chi connectivity index (χ0v) is 14.9. The van der Waals surface area contributed by atoms with E-state index < -0.39 is 11.7 Å². The van der Waals surface area contributed by atoms with E-state index in [0.29, 0.717) is 5.70 Å². The van der Waals surface area contributed by atoms with Crippen molar-refractivity contribution in [2.45, 2.75) is 37.8 Å². The summed E-state index contributed by atoms with van der Waals surface area (Å²) >= 11 is 3.97. The van der Waals surface area contributed by atoms with Crippen LogP contribution in [0.2, 0.25) is 0 Å². The van der Waals surface area contributed by atoms with Crippen LogP contribution in [0.1, 0.15) is 36.0 Å². The second-order valence-electron chi connectivity index (χ2n) is 5.86. The summed E-state index contributed by atoms with van der Waals surface area (Å²) in [6, 6.07) is 1.31. The van der Waals surface area contributed by atoms with E-state index in [-0.39, 0.29) is 29.3 Å². The Morgan fingerprint density at radius 2 is 2.08 bits per heavy atom. The number of carbonyl (C=O) groups is 1. The summed E-state index contributed by atoms with van der Waals surface area (Å²) in [5.41, 5.74) is 5.51. The van der Waals surface area contributed by atoms with Gasteiger partial charge in [0.15, 0.2) is 11.6 Å². The Balaban J connectivity index is 2.34. The standard InChI is InChI=1S/C16H23FN6OS/c1-20-12-4-2-3-5-13(12)22-16-11(17)6-10(14(19)24)15(23-16)21-9(7-18)8-25/h6-8,12-13,18,20,25H,2-5H2,1H3,(H2,19,24)(H2,21,22,23)/b9-8+,18-7?/t12-,13+/m0/s1. The number of likely N-dealkylation sites (N-methyl/N-ethyl adjacent to an activating group) is 1. The number of amides is 1. The van der Waals surface area contributed by atoms with Crippen molar-refractivity contribution in [1.29, 1.82) is 5.41 Å². The first-order valence-electron chi connectivity index (χ1n) is 8.06. The number of thiol groups is 1. The van der Waals surface area contributed by atoms with Crippen molar-refractivity contribution < 1.29 is 9.18 Å². The van der Waals surface area contributed by atoms with Crippen LogP contribution in [0.5, 0.6) is 0 Å². The van der Waals surface area contributed by atoms with Gasteiger partial charge in [0.25, 0.3) is 5.91 Å². The number of rotatable bonds is 7. The summed E-state index contributed by atoms with van der Waals surface area (Å²) in [5, 5.41) is 17.8. The molecular weight excluding hydrogens is 343 g/mol. The molecule has 0 radical (unpaired) electrons. The predicted octanol–water partition coefficient (Wildman–Crippen LogP) is 2.09. The van der Waals surface area contributed by atoms with Crippen LogP contribution in [0.15, 0.2) is 17.2 Å². The molecule has 0 bridgehead atoms. The molecule has 0 unspecified atom stereocenters. The van der Waals surface area contributed by atoms with Crippen LogP contribution in [-0.4, -0.2) is 36.2 Å². The second kappa shape index (κ2) is 8.82. The molecule has 25 heavy (non-hydrogen) atoms. The molecule has 0 saturated heterocycles. The lowest BCUT2D eigenvalue weighted by atomic mass is 9.90. The monoisotopic (exact) mass is 366 g/mol. The molecule has 1 aliphatic rings. The van der Waals surface area contributed by atoms with Crippen molar-refractivity contribution in [2.24, 2.45) is 5.73 Å². The lowest BCUT2D eigenvalue weighted by Crippen LogP contribution is -2.45. The van der Waals surface area contributed by atoms with Gasteiger partial charge in [0, 0.05) is 18.3 Å². The van der Waals surface area contributed by atoms with Gasteiger partial charge >= 0.3 is 0 Å². The fourth-order valence-corrected chi connectivity index (χ4v) is 3.08. The minimum absolute atomic E-state index is 0.0376. The second-order valence-corrected chi connectivity index (χ2v) is 6.12. The molecule has 0 aromatic carbocycles. The highest BCUT2D eigenvalue weighted by Gasteiger charge is 2.26. The van der Waals surface area contributed by atoms with Gasteiger partial charge in [-0.25, -0.2) is 9.37 Å². The predicted molar refractivity (Wildman–Crippen MR) is 101 cm³/mol. The molecule has 1 heterocycles. The third kappa shape index (κ3) is 4.70. The van der Waals surface area contributed by atoms with Crippen LogP contribution in [-0.2, 0) is 0 Å². The Bertz CT molecular complexity index is 681. The molecule has 0 aliphatic heterocycles. The van der Waals surface area contributed by atoms with E-state index in [9.17, 15) is 9.18 Å². The van der Waals surface area contributed by atoms with Crippen LogP contribution in [0, 0.1) is 11.2 Å². The Kier molecular flexibility index (Phi) is 6.77. The number of nitrogens with two attached hydrogens (primary N) is 1. The number of carbonyl (C=O) groups excluding carboxylic acids is 1. The maximum absolute atomic E-state index is 14.4. The van der Waals surface area contributed by atoms with E-state index in [4.69, 9.17) is 11.1 Å². The van der Waals surface area contributed by atoms with Crippen molar-refractivity contribution in [2.75, 3.05) is 17.7 Å². The van der Waals surface area contributed by atoms with Crippen LogP contribution < -0.4 is 21.7 Å².